The predicted molar refractivity (Wildman–Crippen MR) is 73.3 cm³/mol. The number of nitrogens with zero attached hydrogens (tertiary/aromatic N) is 3. The summed E-state index contributed by atoms with van der Waals surface area (Å²) in [4.78, 5) is 11.5. The number of nitrogens with one attached hydrogen (secondary N) is 1. The Morgan fingerprint density at radius 1 is 1.33 bits per heavy atom. The van der Waals surface area contributed by atoms with Gasteiger partial charge in [-0.15, -0.1) is 0 Å². The van der Waals surface area contributed by atoms with E-state index in [1.807, 2.05) is 6.07 Å². The van der Waals surface area contributed by atoms with Crippen molar-refractivity contribution in [3.05, 3.63) is 17.6 Å². The Balaban J connectivity index is 2.04. The van der Waals surface area contributed by atoms with Crippen molar-refractivity contribution in [1.82, 2.24) is 14.9 Å². The second-order valence-electron chi connectivity index (χ2n) is 4.79. The van der Waals surface area contributed by atoms with Gasteiger partial charge in [0, 0.05) is 30.6 Å². The molecule has 18 heavy (non-hydrogen) atoms. The fraction of sp³-hybridized carbons (Fsp3) is 0.692. The van der Waals surface area contributed by atoms with Gasteiger partial charge in [-0.05, 0) is 25.9 Å². The lowest BCUT2D eigenvalue weighted by molar-refractivity contribution is 0.305. The Morgan fingerprint density at radius 2 is 2.06 bits per heavy atom. The summed E-state index contributed by atoms with van der Waals surface area (Å²) in [5.74, 6) is 7.74. The molecule has 0 amide bonds. The van der Waals surface area contributed by atoms with E-state index >= 15 is 0 Å². The molecule has 0 bridgehead atoms. The maximum atomic E-state index is 5.47. The molecule has 1 aliphatic rings. The molecular formula is C13H23N5. The standard InChI is InChI=1S/C13H23N5/c1-3-18(4-2)8-7-12-15-11(10-5-6-10)9-13(16-12)17-14/h9-10H,3-8,14H2,1-2H3,(H,15,16,17). The zero-order valence-electron chi connectivity index (χ0n) is 11.3. The zero-order valence-corrected chi connectivity index (χ0v) is 11.3. The van der Waals surface area contributed by atoms with Crippen molar-refractivity contribution in [1.29, 1.82) is 0 Å². The topological polar surface area (TPSA) is 67.1 Å². The van der Waals surface area contributed by atoms with Gasteiger partial charge in [-0.3, -0.25) is 0 Å². The fourth-order valence-corrected chi connectivity index (χ4v) is 2.09. The Hall–Kier alpha value is -1.20. The van der Waals surface area contributed by atoms with Gasteiger partial charge in [-0.25, -0.2) is 15.8 Å². The average molecular weight is 249 g/mol. The fourth-order valence-electron chi connectivity index (χ4n) is 2.09. The summed E-state index contributed by atoms with van der Waals surface area (Å²) in [6, 6.07) is 1.97. The van der Waals surface area contributed by atoms with Gasteiger partial charge in [0.15, 0.2) is 0 Å². The highest BCUT2D eigenvalue weighted by atomic mass is 15.3. The first-order chi connectivity index (χ1) is 8.76. The Labute approximate surface area is 109 Å². The van der Waals surface area contributed by atoms with Crippen molar-refractivity contribution in [2.75, 3.05) is 25.1 Å². The lowest BCUT2D eigenvalue weighted by atomic mass is 10.2. The van der Waals surface area contributed by atoms with Crippen LogP contribution in [0.2, 0.25) is 0 Å². The quantitative estimate of drug-likeness (QED) is 0.566. The first kappa shape index (κ1) is 13.2. The van der Waals surface area contributed by atoms with Crippen LogP contribution in [0.25, 0.3) is 0 Å². The summed E-state index contributed by atoms with van der Waals surface area (Å²) in [5, 5.41) is 0. The van der Waals surface area contributed by atoms with Crippen LogP contribution >= 0.6 is 0 Å². The second kappa shape index (κ2) is 6.11. The minimum Gasteiger partial charge on any atom is -0.308 e. The predicted octanol–water partition coefficient (Wildman–Crippen LogP) is 1.52. The monoisotopic (exact) mass is 249 g/mol. The molecule has 100 valence electrons. The SMILES string of the molecule is CCN(CC)CCc1nc(NN)cc(C2CC2)n1. The Kier molecular flexibility index (Phi) is 4.49. The molecule has 5 heteroatoms. The highest BCUT2D eigenvalue weighted by Crippen LogP contribution is 2.39. The molecule has 1 saturated carbocycles. The van der Waals surface area contributed by atoms with E-state index in [4.69, 9.17) is 5.84 Å². The van der Waals surface area contributed by atoms with E-state index in [1.54, 1.807) is 0 Å². The maximum Gasteiger partial charge on any atom is 0.143 e. The number of rotatable bonds is 7. The molecule has 0 aliphatic heterocycles. The first-order valence-corrected chi connectivity index (χ1v) is 6.83. The molecule has 0 atom stereocenters. The van der Waals surface area contributed by atoms with Crippen LogP contribution in [0.1, 0.15) is 44.1 Å². The number of hydrogen-bond acceptors (Lipinski definition) is 5. The van der Waals surface area contributed by atoms with Crippen molar-refractivity contribution in [3.8, 4) is 0 Å². The molecule has 3 N–H and O–H groups in total. The number of aromatic nitrogens is 2. The van der Waals surface area contributed by atoms with Gasteiger partial charge in [0.1, 0.15) is 11.6 Å². The smallest absolute Gasteiger partial charge is 0.143 e. The lowest BCUT2D eigenvalue weighted by Gasteiger charge is -2.17. The van der Waals surface area contributed by atoms with Crippen LogP contribution in [0.4, 0.5) is 5.82 Å². The van der Waals surface area contributed by atoms with Gasteiger partial charge in [0.05, 0.1) is 0 Å². The lowest BCUT2D eigenvalue weighted by Crippen LogP contribution is -2.26. The number of likely N-dealkylation sites (N-methyl/N-ethyl adjacent to an activating group) is 1. The Bertz CT molecular complexity index is 385. The first-order valence-electron chi connectivity index (χ1n) is 6.83. The molecule has 0 aromatic carbocycles. The summed E-state index contributed by atoms with van der Waals surface area (Å²) >= 11 is 0. The molecule has 0 radical (unpaired) electrons. The number of anilines is 1. The van der Waals surface area contributed by atoms with Crippen molar-refractivity contribution in [3.63, 3.8) is 0 Å². The van der Waals surface area contributed by atoms with E-state index in [9.17, 15) is 0 Å². The van der Waals surface area contributed by atoms with Crippen LogP contribution in [0.3, 0.4) is 0 Å². The van der Waals surface area contributed by atoms with E-state index in [-0.39, 0.29) is 0 Å². The molecule has 0 saturated heterocycles. The summed E-state index contributed by atoms with van der Waals surface area (Å²) in [7, 11) is 0. The van der Waals surface area contributed by atoms with Gasteiger partial charge in [0.2, 0.25) is 0 Å². The largest absolute Gasteiger partial charge is 0.308 e. The van der Waals surface area contributed by atoms with Crippen molar-refractivity contribution >= 4 is 5.82 Å². The van der Waals surface area contributed by atoms with E-state index in [0.717, 1.165) is 43.4 Å². The number of nitrogens with two attached hydrogens (primary N) is 1. The summed E-state index contributed by atoms with van der Waals surface area (Å²) in [6.45, 7) is 7.50. The molecule has 5 nitrogen and oxygen atoms in total. The number of hydrazine groups is 1. The molecule has 1 aromatic rings. The van der Waals surface area contributed by atoms with Crippen LogP contribution < -0.4 is 11.3 Å². The normalized spacial score (nSPS) is 15.1. The van der Waals surface area contributed by atoms with Crippen LogP contribution in [0.15, 0.2) is 6.07 Å². The minimum atomic E-state index is 0.632. The van der Waals surface area contributed by atoms with E-state index in [0.29, 0.717) is 5.92 Å². The van der Waals surface area contributed by atoms with Gasteiger partial charge in [-0.2, -0.15) is 0 Å². The van der Waals surface area contributed by atoms with Gasteiger partial charge >= 0.3 is 0 Å². The van der Waals surface area contributed by atoms with Gasteiger partial charge < -0.3 is 10.3 Å². The van der Waals surface area contributed by atoms with Crippen LogP contribution in [-0.4, -0.2) is 34.5 Å². The zero-order chi connectivity index (χ0) is 13.0. The van der Waals surface area contributed by atoms with E-state index < -0.39 is 0 Å². The van der Waals surface area contributed by atoms with Gasteiger partial charge in [-0.1, -0.05) is 13.8 Å². The molecule has 1 aromatic heterocycles. The third-order valence-corrected chi connectivity index (χ3v) is 3.48. The molecule has 2 rings (SSSR count). The van der Waals surface area contributed by atoms with Crippen molar-refractivity contribution in [2.24, 2.45) is 5.84 Å². The van der Waals surface area contributed by atoms with E-state index in [1.165, 1.54) is 12.8 Å². The molecule has 1 heterocycles. The minimum absolute atomic E-state index is 0.632. The summed E-state index contributed by atoms with van der Waals surface area (Å²) in [6.07, 6.45) is 3.38. The molecular weight excluding hydrogens is 226 g/mol. The molecule has 0 spiro atoms. The van der Waals surface area contributed by atoms with Crippen molar-refractivity contribution < 1.29 is 0 Å². The highest BCUT2D eigenvalue weighted by Gasteiger charge is 2.26. The summed E-state index contributed by atoms with van der Waals surface area (Å²) in [5.41, 5.74) is 3.79. The average Bonchev–Trinajstić information content (AvgIpc) is 3.24. The third kappa shape index (κ3) is 3.40. The maximum absolute atomic E-state index is 5.47. The summed E-state index contributed by atoms with van der Waals surface area (Å²) < 4.78 is 0. The van der Waals surface area contributed by atoms with Crippen LogP contribution in [0.5, 0.6) is 0 Å². The van der Waals surface area contributed by atoms with Crippen LogP contribution in [0, 0.1) is 0 Å². The second-order valence-corrected chi connectivity index (χ2v) is 4.79. The van der Waals surface area contributed by atoms with Crippen molar-refractivity contribution in [2.45, 2.75) is 39.0 Å². The number of hydrogen-bond donors (Lipinski definition) is 2. The van der Waals surface area contributed by atoms with E-state index in [2.05, 4.69) is 34.1 Å². The molecule has 1 fully saturated rings. The molecule has 1 aliphatic carbocycles. The molecule has 0 unspecified atom stereocenters. The Morgan fingerprint density at radius 3 is 2.61 bits per heavy atom. The van der Waals surface area contributed by atoms with Crippen LogP contribution in [-0.2, 0) is 6.42 Å². The highest BCUT2D eigenvalue weighted by molar-refractivity contribution is 5.36. The van der Waals surface area contributed by atoms with Gasteiger partial charge in [0.25, 0.3) is 0 Å². The number of nitrogen functional groups attached to an aromatic ring is 1. The third-order valence-electron chi connectivity index (χ3n) is 3.48.